The number of halogens is 3. The summed E-state index contributed by atoms with van der Waals surface area (Å²) >= 11 is 0. The topological polar surface area (TPSA) is 133 Å². The highest BCUT2D eigenvalue weighted by molar-refractivity contribution is 6.12. The van der Waals surface area contributed by atoms with Gasteiger partial charge in [-0.1, -0.05) is 13.3 Å². The van der Waals surface area contributed by atoms with Gasteiger partial charge in [0.25, 0.3) is 5.91 Å². The predicted octanol–water partition coefficient (Wildman–Crippen LogP) is 4.85. The number of likely N-dealkylation sites (tertiary alicyclic amines) is 1. The number of esters is 1. The summed E-state index contributed by atoms with van der Waals surface area (Å²) in [6.45, 7) is 7.67. The smallest absolute Gasteiger partial charge is 0.433 e. The Morgan fingerprint density at radius 3 is 2.37 bits per heavy atom. The van der Waals surface area contributed by atoms with E-state index in [1.165, 1.54) is 31.2 Å². The van der Waals surface area contributed by atoms with Crippen LogP contribution in [0.15, 0.2) is 40.5 Å². The zero-order valence-corrected chi connectivity index (χ0v) is 25.6. The van der Waals surface area contributed by atoms with Crippen molar-refractivity contribution in [3.05, 3.63) is 46.8 Å². The first-order valence-electron chi connectivity index (χ1n) is 13.9. The molecule has 1 aliphatic rings. The van der Waals surface area contributed by atoms with Gasteiger partial charge in [0.2, 0.25) is 0 Å². The summed E-state index contributed by atoms with van der Waals surface area (Å²) in [5, 5.41) is 0.388. The molecule has 1 amide bonds. The second-order valence-electron chi connectivity index (χ2n) is 9.42. The second kappa shape index (κ2) is 17.2. The fourth-order valence-electron chi connectivity index (χ4n) is 4.78. The lowest BCUT2D eigenvalue weighted by molar-refractivity contribution is -0.152. The van der Waals surface area contributed by atoms with E-state index in [1.807, 2.05) is 6.92 Å². The molecule has 9 nitrogen and oxygen atoms in total. The Labute approximate surface area is 251 Å². The number of aromatic nitrogens is 1. The van der Waals surface area contributed by atoms with Crippen LogP contribution in [0.25, 0.3) is 10.9 Å². The lowest BCUT2D eigenvalue weighted by Crippen LogP contribution is -2.42. The maximum atomic E-state index is 13.9. The minimum Gasteiger partial charge on any atom is -0.494 e. The van der Waals surface area contributed by atoms with Crippen molar-refractivity contribution >= 4 is 28.5 Å². The summed E-state index contributed by atoms with van der Waals surface area (Å²) in [7, 11) is 2.85. The third-order valence-corrected chi connectivity index (χ3v) is 6.65. The molecule has 0 aliphatic carbocycles. The number of aliphatic imine (C=N–C) groups is 1. The highest BCUT2D eigenvalue weighted by Gasteiger charge is 2.37. The lowest BCUT2D eigenvalue weighted by Gasteiger charge is -2.25. The number of fused-ring (bicyclic) bond motifs is 1. The molecule has 1 saturated heterocycles. The maximum absolute atomic E-state index is 13.9. The van der Waals surface area contributed by atoms with Crippen LogP contribution in [0.3, 0.4) is 0 Å². The van der Waals surface area contributed by atoms with Gasteiger partial charge in [-0.2, -0.15) is 13.2 Å². The number of terminal acetylenes is 1. The molecule has 0 spiro atoms. The number of alkyl halides is 3. The highest BCUT2D eigenvalue weighted by Crippen LogP contribution is 2.34. The number of amides is 1. The van der Waals surface area contributed by atoms with Gasteiger partial charge in [-0.05, 0) is 76.9 Å². The number of pyridine rings is 1. The van der Waals surface area contributed by atoms with Gasteiger partial charge in [-0.25, -0.2) is 14.8 Å². The number of rotatable bonds is 9. The van der Waals surface area contributed by atoms with Gasteiger partial charge >= 0.3 is 12.1 Å². The van der Waals surface area contributed by atoms with E-state index in [0.717, 1.165) is 6.07 Å². The molecule has 3 rings (SSSR count). The van der Waals surface area contributed by atoms with Crippen LogP contribution in [0.5, 0.6) is 5.75 Å². The first-order valence-corrected chi connectivity index (χ1v) is 13.9. The van der Waals surface area contributed by atoms with E-state index in [4.69, 9.17) is 20.2 Å². The van der Waals surface area contributed by atoms with Crippen LogP contribution in [0.1, 0.15) is 64.6 Å². The largest absolute Gasteiger partial charge is 0.494 e. The number of methoxy groups -OCH3 is 1. The van der Waals surface area contributed by atoms with E-state index in [9.17, 15) is 22.8 Å². The normalized spacial score (nSPS) is 16.3. The first-order chi connectivity index (χ1) is 20.4. The van der Waals surface area contributed by atoms with Crippen molar-refractivity contribution in [1.29, 1.82) is 0 Å². The van der Waals surface area contributed by atoms with Gasteiger partial charge in [-0.3, -0.25) is 4.79 Å². The molecule has 236 valence electrons. The van der Waals surface area contributed by atoms with Crippen molar-refractivity contribution in [2.75, 3.05) is 27.3 Å². The number of hydrogen-bond donors (Lipinski definition) is 2. The van der Waals surface area contributed by atoms with Crippen molar-refractivity contribution in [3.63, 3.8) is 0 Å². The molecule has 4 N–H and O–H groups in total. The maximum Gasteiger partial charge on any atom is 0.433 e. The molecule has 0 saturated carbocycles. The van der Waals surface area contributed by atoms with Gasteiger partial charge in [0.05, 0.1) is 13.7 Å². The Morgan fingerprint density at radius 2 is 1.84 bits per heavy atom. The molecule has 2 aromatic rings. The Balaban J connectivity index is 0.00000221. The molecule has 2 atom stereocenters. The summed E-state index contributed by atoms with van der Waals surface area (Å²) in [6.07, 6.45) is 5.71. The SMILES string of the molecule is C#C.CCC/C(=C(\N=C(C)c1ccc(OC)c2nc(C(F)(F)F)ccc12)C(=O)N1CCC[C@H]1C(=O)OCC)[C@H](C)N.CN. The summed E-state index contributed by atoms with van der Waals surface area (Å²) < 4.78 is 50.6. The Bertz CT molecular complexity index is 1340. The number of carbonyl (C=O) groups excluding carboxylic acids is 2. The van der Waals surface area contributed by atoms with Crippen LogP contribution in [-0.2, 0) is 20.5 Å². The van der Waals surface area contributed by atoms with Crippen LogP contribution < -0.4 is 16.2 Å². The number of hydrogen-bond acceptors (Lipinski definition) is 8. The number of carbonyl (C=O) groups is 2. The van der Waals surface area contributed by atoms with Gasteiger partial charge in [0, 0.05) is 29.2 Å². The van der Waals surface area contributed by atoms with Crippen LogP contribution in [0, 0.1) is 12.8 Å². The van der Waals surface area contributed by atoms with E-state index in [-0.39, 0.29) is 23.6 Å². The van der Waals surface area contributed by atoms with E-state index >= 15 is 0 Å². The molecular formula is C31H42F3N5O4. The molecule has 0 bridgehead atoms. The average molecular weight is 606 g/mol. The number of nitrogens with two attached hydrogens (primary N) is 2. The number of benzene rings is 1. The summed E-state index contributed by atoms with van der Waals surface area (Å²) in [6, 6.07) is 4.20. The Hall–Kier alpha value is -3.95. The quantitative estimate of drug-likeness (QED) is 0.181. The first kappa shape index (κ1) is 37.1. The number of ether oxygens (including phenoxy) is 2. The highest BCUT2D eigenvalue weighted by atomic mass is 19.4. The minimum atomic E-state index is -4.63. The fourth-order valence-corrected chi connectivity index (χ4v) is 4.78. The van der Waals surface area contributed by atoms with Gasteiger partial charge < -0.3 is 25.8 Å². The lowest BCUT2D eigenvalue weighted by atomic mass is 9.99. The fraction of sp³-hybridized carbons (Fsp3) is 0.484. The zero-order chi connectivity index (χ0) is 32.9. The molecule has 1 aromatic heterocycles. The predicted molar refractivity (Wildman–Crippen MR) is 162 cm³/mol. The molecule has 43 heavy (non-hydrogen) atoms. The second-order valence-corrected chi connectivity index (χ2v) is 9.42. The molecule has 1 fully saturated rings. The molecule has 0 radical (unpaired) electrons. The summed E-state index contributed by atoms with van der Waals surface area (Å²) in [4.78, 5) is 36.5. The number of nitrogens with zero attached hydrogens (tertiary/aromatic N) is 3. The third kappa shape index (κ3) is 9.02. The van der Waals surface area contributed by atoms with Crippen LogP contribution in [-0.4, -0.2) is 66.9 Å². The Morgan fingerprint density at radius 1 is 1.19 bits per heavy atom. The Kier molecular flexibility index (Phi) is 14.9. The third-order valence-electron chi connectivity index (χ3n) is 6.65. The van der Waals surface area contributed by atoms with Gasteiger partial charge in [0.1, 0.15) is 28.7 Å². The minimum absolute atomic E-state index is 0.0270. The molecule has 1 aromatic carbocycles. The van der Waals surface area contributed by atoms with Crippen LogP contribution in [0.2, 0.25) is 0 Å². The van der Waals surface area contributed by atoms with Gasteiger partial charge in [0.15, 0.2) is 0 Å². The van der Waals surface area contributed by atoms with Crippen molar-refractivity contribution in [3.8, 4) is 18.6 Å². The molecular weight excluding hydrogens is 563 g/mol. The molecule has 0 unspecified atom stereocenters. The zero-order valence-electron chi connectivity index (χ0n) is 25.6. The standard InChI is InChI=1S/C28H35F3N4O4.C2H2.CH5N/c1-6-9-18(16(3)32)25(26(36)35-15-8-10-21(35)27(37)39-7-2)33-17(4)19-11-13-22(38-5)24-20(19)12-14-23(34-24)28(29,30)31;2*1-2/h11-14,16,21H,6-10,15,32H2,1-5H3;1-2H;2H2,1H3/b25-18+,33-17?;;/t16-,21-;;/m0../s1. The van der Waals surface area contributed by atoms with Crippen LogP contribution >= 0.6 is 0 Å². The van der Waals surface area contributed by atoms with Crippen molar-refractivity contribution in [2.24, 2.45) is 16.5 Å². The van der Waals surface area contributed by atoms with Crippen molar-refractivity contribution < 1.29 is 32.2 Å². The summed E-state index contributed by atoms with van der Waals surface area (Å²) in [5.74, 6) is -0.717. The van der Waals surface area contributed by atoms with E-state index < -0.39 is 35.8 Å². The molecule has 2 heterocycles. The molecule has 12 heteroatoms. The summed E-state index contributed by atoms with van der Waals surface area (Å²) in [5.41, 5.74) is 11.4. The van der Waals surface area contributed by atoms with E-state index in [1.54, 1.807) is 26.8 Å². The monoisotopic (exact) mass is 605 g/mol. The van der Waals surface area contributed by atoms with Crippen molar-refractivity contribution in [2.45, 2.75) is 71.6 Å². The van der Waals surface area contributed by atoms with Gasteiger partial charge in [-0.15, -0.1) is 12.8 Å². The van der Waals surface area contributed by atoms with Crippen molar-refractivity contribution in [1.82, 2.24) is 9.88 Å². The molecule has 1 aliphatic heterocycles. The van der Waals surface area contributed by atoms with E-state index in [0.29, 0.717) is 54.5 Å². The van der Waals surface area contributed by atoms with Crippen LogP contribution in [0.4, 0.5) is 13.2 Å². The van der Waals surface area contributed by atoms with E-state index in [2.05, 4.69) is 23.6 Å². The average Bonchev–Trinajstić information content (AvgIpc) is 3.49.